The predicted molar refractivity (Wildman–Crippen MR) is 105 cm³/mol. The van der Waals surface area contributed by atoms with Crippen molar-refractivity contribution < 1.29 is 19.1 Å². The van der Waals surface area contributed by atoms with E-state index in [4.69, 9.17) is 15.2 Å². The highest BCUT2D eigenvalue weighted by molar-refractivity contribution is 9.10. The van der Waals surface area contributed by atoms with Crippen molar-refractivity contribution in [2.75, 3.05) is 18.6 Å². The molecule has 1 amide bonds. The molecule has 2 aliphatic rings. The van der Waals surface area contributed by atoms with Crippen LogP contribution in [0.3, 0.4) is 0 Å². The largest absolute Gasteiger partial charge is 0.466 e. The van der Waals surface area contributed by atoms with E-state index >= 15 is 0 Å². The van der Waals surface area contributed by atoms with Gasteiger partial charge >= 0.3 is 5.97 Å². The lowest BCUT2D eigenvalue weighted by molar-refractivity contribution is -0.142. The molecular formula is C19H16BrN5O4. The number of hydrogen-bond donors (Lipinski definition) is 2. The van der Waals surface area contributed by atoms with Crippen LogP contribution >= 0.6 is 15.9 Å². The average molecular weight is 458 g/mol. The highest BCUT2D eigenvalue weighted by Crippen LogP contribution is 2.55. The Labute approximate surface area is 174 Å². The molecule has 2 aromatic rings. The second kappa shape index (κ2) is 6.63. The van der Waals surface area contributed by atoms with Gasteiger partial charge in [0.05, 0.1) is 24.3 Å². The molecule has 3 heterocycles. The topological polar surface area (TPSA) is 134 Å². The van der Waals surface area contributed by atoms with E-state index in [2.05, 4.69) is 26.1 Å². The van der Waals surface area contributed by atoms with Crippen LogP contribution in [0, 0.1) is 11.3 Å². The van der Waals surface area contributed by atoms with Gasteiger partial charge in [-0.15, -0.1) is 5.10 Å². The molecular weight excluding hydrogens is 442 g/mol. The Hall–Kier alpha value is -3.32. The number of fused-ring (bicyclic) bond motifs is 4. The molecule has 148 valence electrons. The second-order valence-corrected chi connectivity index (χ2v) is 7.51. The van der Waals surface area contributed by atoms with E-state index < -0.39 is 11.4 Å². The van der Waals surface area contributed by atoms with Crippen LogP contribution < -0.4 is 15.4 Å². The quantitative estimate of drug-likeness (QED) is 0.668. The smallest absolute Gasteiger partial charge is 0.311 e. The molecule has 1 spiro atoms. The fourth-order valence-electron chi connectivity index (χ4n) is 3.97. The van der Waals surface area contributed by atoms with Crippen molar-refractivity contribution in [3.63, 3.8) is 0 Å². The van der Waals surface area contributed by atoms with Gasteiger partial charge in [0.15, 0.2) is 0 Å². The number of H-pyrrole nitrogens is 1. The molecule has 9 nitrogen and oxygen atoms in total. The number of ether oxygens (including phenoxy) is 2. The molecule has 4 rings (SSSR count). The van der Waals surface area contributed by atoms with Crippen LogP contribution in [0.1, 0.15) is 23.7 Å². The van der Waals surface area contributed by atoms with Gasteiger partial charge in [0.25, 0.3) is 0 Å². The van der Waals surface area contributed by atoms with Crippen molar-refractivity contribution >= 4 is 33.5 Å². The van der Waals surface area contributed by atoms with E-state index in [1.54, 1.807) is 32.2 Å². The molecule has 29 heavy (non-hydrogen) atoms. The Morgan fingerprint density at radius 3 is 2.97 bits per heavy atom. The Balaban J connectivity index is 2.05. The van der Waals surface area contributed by atoms with Gasteiger partial charge in [-0.2, -0.15) is 5.26 Å². The average Bonchev–Trinajstić information content (AvgIpc) is 3.16. The first-order valence-corrected chi connectivity index (χ1v) is 9.55. The first-order chi connectivity index (χ1) is 13.9. The maximum Gasteiger partial charge on any atom is 0.311 e. The third kappa shape index (κ3) is 2.47. The summed E-state index contributed by atoms with van der Waals surface area (Å²) in [4.78, 5) is 27.3. The maximum atomic E-state index is 13.6. The fraction of sp³-hybridized carbons (Fsp3) is 0.263. The number of carbonyl (C=O) groups excluding carboxylic acids is 2. The molecule has 1 aromatic carbocycles. The van der Waals surface area contributed by atoms with E-state index in [0.29, 0.717) is 22.5 Å². The summed E-state index contributed by atoms with van der Waals surface area (Å²) in [7, 11) is 1.62. The summed E-state index contributed by atoms with van der Waals surface area (Å²) in [6.45, 7) is 1.91. The zero-order valence-electron chi connectivity index (χ0n) is 15.6. The van der Waals surface area contributed by atoms with E-state index in [1.165, 1.54) is 4.90 Å². The van der Waals surface area contributed by atoms with Gasteiger partial charge < -0.3 is 20.1 Å². The van der Waals surface area contributed by atoms with Gasteiger partial charge in [0, 0.05) is 22.8 Å². The normalized spacial score (nSPS) is 19.7. The number of likely N-dealkylation sites (N-methyl/N-ethyl adjacent to an activating group) is 1. The van der Waals surface area contributed by atoms with Crippen LogP contribution in [0.25, 0.3) is 0 Å². The van der Waals surface area contributed by atoms with Crippen LogP contribution in [0.5, 0.6) is 5.88 Å². The van der Waals surface area contributed by atoms with Gasteiger partial charge in [0.2, 0.25) is 17.7 Å². The van der Waals surface area contributed by atoms with Gasteiger partial charge in [-0.25, -0.2) is 0 Å². The lowest BCUT2D eigenvalue weighted by atomic mass is 9.69. The van der Waals surface area contributed by atoms with Gasteiger partial charge in [0.1, 0.15) is 17.1 Å². The molecule has 3 N–H and O–H groups in total. The van der Waals surface area contributed by atoms with E-state index in [0.717, 1.165) is 4.47 Å². The molecule has 0 bridgehead atoms. The highest BCUT2D eigenvalue weighted by Gasteiger charge is 2.60. The summed E-state index contributed by atoms with van der Waals surface area (Å²) in [5, 5.41) is 16.8. The third-order valence-electron chi connectivity index (χ3n) is 5.10. The number of nitrogens with zero attached hydrogens (tertiary/aromatic N) is 3. The lowest BCUT2D eigenvalue weighted by Crippen LogP contribution is -2.45. The van der Waals surface area contributed by atoms with E-state index in [9.17, 15) is 14.9 Å². The number of benzene rings is 1. The summed E-state index contributed by atoms with van der Waals surface area (Å²) in [6, 6.07) is 7.38. The molecule has 1 aromatic heterocycles. The Kier molecular flexibility index (Phi) is 4.35. The zero-order valence-corrected chi connectivity index (χ0v) is 17.2. The third-order valence-corrected chi connectivity index (χ3v) is 5.59. The van der Waals surface area contributed by atoms with E-state index in [-0.39, 0.29) is 36.3 Å². The first-order valence-electron chi connectivity index (χ1n) is 8.75. The SMILES string of the molecule is CCOC(=O)Cc1[nH]nc2c1C1(C(=O)N(C)c3ccc(Br)cc31)C(C#N)=C(N)O2. The van der Waals surface area contributed by atoms with Crippen molar-refractivity contribution in [2.24, 2.45) is 5.73 Å². The molecule has 0 fully saturated rings. The Morgan fingerprint density at radius 1 is 1.52 bits per heavy atom. The summed E-state index contributed by atoms with van der Waals surface area (Å²) < 4.78 is 11.3. The van der Waals surface area contributed by atoms with E-state index in [1.807, 2.05) is 6.07 Å². The van der Waals surface area contributed by atoms with Gasteiger partial charge in [-0.05, 0) is 25.1 Å². The van der Waals surface area contributed by atoms with Crippen LogP contribution in [0.4, 0.5) is 5.69 Å². The monoisotopic (exact) mass is 457 g/mol. The number of aromatic nitrogens is 2. The molecule has 0 saturated carbocycles. The van der Waals surface area contributed by atoms with Crippen molar-refractivity contribution in [3.05, 3.63) is 50.9 Å². The highest BCUT2D eigenvalue weighted by atomic mass is 79.9. The van der Waals surface area contributed by atoms with Crippen LogP contribution in [-0.2, 0) is 26.2 Å². The van der Waals surface area contributed by atoms with Crippen LogP contribution in [-0.4, -0.2) is 35.7 Å². The number of carbonyl (C=O) groups is 2. The lowest BCUT2D eigenvalue weighted by Gasteiger charge is -2.32. The molecule has 0 saturated heterocycles. The number of amides is 1. The number of halogens is 1. The van der Waals surface area contributed by atoms with Gasteiger partial charge in [-0.1, -0.05) is 15.9 Å². The number of nitriles is 1. The Morgan fingerprint density at radius 2 is 2.28 bits per heavy atom. The number of anilines is 1. The summed E-state index contributed by atoms with van der Waals surface area (Å²) >= 11 is 3.43. The standard InChI is InChI=1S/C19H16BrN5O4/c1-3-28-14(26)7-12-15-17(24-23-12)29-16(22)11(8-21)19(15)10-6-9(20)4-5-13(10)25(2)18(19)27/h4-6H,3,7,22H2,1-2H3,(H,23,24). The molecule has 0 aliphatic carbocycles. The molecule has 1 atom stereocenters. The second-order valence-electron chi connectivity index (χ2n) is 6.59. The Bertz CT molecular complexity index is 1130. The molecule has 10 heteroatoms. The summed E-state index contributed by atoms with van der Waals surface area (Å²) in [5.41, 5.74) is 6.20. The predicted octanol–water partition coefficient (Wildman–Crippen LogP) is 1.63. The van der Waals surface area contributed by atoms with Crippen LogP contribution in [0.15, 0.2) is 34.1 Å². The van der Waals surface area contributed by atoms with Crippen molar-refractivity contribution in [1.29, 1.82) is 5.26 Å². The number of esters is 1. The van der Waals surface area contributed by atoms with Crippen LogP contribution in [0.2, 0.25) is 0 Å². The van der Waals surface area contributed by atoms with Gasteiger partial charge in [-0.3, -0.25) is 14.7 Å². The molecule has 0 radical (unpaired) electrons. The molecule has 1 unspecified atom stereocenters. The van der Waals surface area contributed by atoms with Crippen molar-refractivity contribution in [3.8, 4) is 11.9 Å². The first kappa shape index (κ1) is 19.0. The minimum Gasteiger partial charge on any atom is -0.466 e. The summed E-state index contributed by atoms with van der Waals surface area (Å²) in [5.74, 6) is -1.04. The fourth-order valence-corrected chi connectivity index (χ4v) is 4.33. The minimum absolute atomic E-state index is 0.0507. The molecule has 2 aliphatic heterocycles. The number of hydrogen-bond acceptors (Lipinski definition) is 7. The zero-order chi connectivity index (χ0) is 20.9. The maximum absolute atomic E-state index is 13.6. The number of aromatic amines is 1. The summed E-state index contributed by atoms with van der Waals surface area (Å²) in [6.07, 6.45) is -0.166. The minimum atomic E-state index is -1.57. The van der Waals surface area contributed by atoms with Crippen molar-refractivity contribution in [1.82, 2.24) is 10.2 Å². The number of nitrogens with one attached hydrogen (secondary N) is 1. The van der Waals surface area contributed by atoms with Crippen molar-refractivity contribution in [2.45, 2.75) is 18.8 Å². The number of nitrogens with two attached hydrogens (primary N) is 1. The number of rotatable bonds is 3.